The van der Waals surface area contributed by atoms with Crippen LogP contribution in [-0.4, -0.2) is 46.8 Å². The van der Waals surface area contributed by atoms with Crippen LogP contribution in [0.2, 0.25) is 0 Å². The first kappa shape index (κ1) is 23.7. The summed E-state index contributed by atoms with van der Waals surface area (Å²) in [6.45, 7) is 6.30. The highest BCUT2D eigenvalue weighted by Gasteiger charge is 2.16. The largest absolute Gasteiger partial charge is 0.373 e. The number of rotatable bonds is 5. The summed E-state index contributed by atoms with van der Waals surface area (Å²) in [5.41, 5.74) is 4.98. The molecule has 5 heteroatoms. The Labute approximate surface area is 203 Å². The highest BCUT2D eigenvalue weighted by molar-refractivity contribution is 5.88. The van der Waals surface area contributed by atoms with E-state index in [-0.39, 0.29) is 0 Å². The molecule has 5 nitrogen and oxygen atoms in total. The molecule has 176 valence electrons. The number of fused-ring (bicyclic) bond motifs is 1. The third-order valence-corrected chi connectivity index (χ3v) is 6.59. The Hall–Kier alpha value is -3.44. The average Bonchev–Trinajstić information content (AvgIpc) is 3.32. The first-order valence-corrected chi connectivity index (χ1v) is 12.0. The van der Waals surface area contributed by atoms with E-state index in [1.807, 2.05) is 43.4 Å². The molecule has 0 aliphatic carbocycles. The van der Waals surface area contributed by atoms with Crippen LogP contribution >= 0.6 is 0 Å². The van der Waals surface area contributed by atoms with E-state index in [1.54, 1.807) is 0 Å². The van der Waals surface area contributed by atoms with Gasteiger partial charge in [0.25, 0.3) is 0 Å². The van der Waals surface area contributed by atoms with E-state index in [1.165, 1.54) is 54.4 Å². The van der Waals surface area contributed by atoms with Crippen molar-refractivity contribution in [1.82, 2.24) is 19.7 Å². The molecular formula is C29H35N5. The van der Waals surface area contributed by atoms with Gasteiger partial charge in [-0.25, -0.2) is 4.98 Å². The molecule has 0 atom stereocenters. The van der Waals surface area contributed by atoms with Gasteiger partial charge in [-0.05, 0) is 79.5 Å². The fourth-order valence-corrected chi connectivity index (χ4v) is 4.42. The predicted molar refractivity (Wildman–Crippen MR) is 144 cm³/mol. The lowest BCUT2D eigenvalue weighted by Gasteiger charge is -2.28. The van der Waals surface area contributed by atoms with Crippen molar-refractivity contribution < 1.29 is 0 Å². The molecule has 0 unspecified atom stereocenters. The molecule has 2 aromatic heterocycles. The average molecular weight is 454 g/mol. The van der Waals surface area contributed by atoms with E-state index in [0.717, 1.165) is 22.7 Å². The van der Waals surface area contributed by atoms with Crippen LogP contribution in [-0.2, 0) is 13.5 Å². The van der Waals surface area contributed by atoms with Crippen LogP contribution in [0.25, 0.3) is 28.0 Å². The topological polar surface area (TPSA) is 46.0 Å². The lowest BCUT2D eigenvalue weighted by atomic mass is 9.90. The summed E-state index contributed by atoms with van der Waals surface area (Å²) in [6, 6.07) is 17.2. The first-order valence-electron chi connectivity index (χ1n) is 12.0. The second-order valence-electron chi connectivity index (χ2n) is 9.18. The van der Waals surface area contributed by atoms with Crippen LogP contribution in [0.15, 0.2) is 73.7 Å². The maximum absolute atomic E-state index is 4.30. The van der Waals surface area contributed by atoms with Crippen LogP contribution in [0, 0.1) is 5.92 Å². The van der Waals surface area contributed by atoms with E-state index < -0.39 is 0 Å². The number of piperidine rings is 1. The maximum Gasteiger partial charge on any atom is 0.126 e. The van der Waals surface area contributed by atoms with Gasteiger partial charge in [0.05, 0.1) is 6.20 Å². The van der Waals surface area contributed by atoms with Crippen molar-refractivity contribution >= 4 is 22.7 Å². The summed E-state index contributed by atoms with van der Waals surface area (Å²) < 4.78 is 1.81. The number of benzene rings is 2. The number of hydrogen-bond donors (Lipinski definition) is 1. The molecule has 1 aliphatic heterocycles. The van der Waals surface area contributed by atoms with Gasteiger partial charge in [-0.3, -0.25) is 4.68 Å². The summed E-state index contributed by atoms with van der Waals surface area (Å²) in [5.74, 6) is 1.76. The van der Waals surface area contributed by atoms with E-state index in [9.17, 15) is 0 Å². The van der Waals surface area contributed by atoms with Crippen LogP contribution in [0.4, 0.5) is 5.82 Å². The molecule has 0 saturated carbocycles. The molecule has 0 spiro atoms. The number of aromatic nitrogens is 3. The van der Waals surface area contributed by atoms with Crippen LogP contribution in [0.1, 0.15) is 24.0 Å². The number of pyridine rings is 1. The third kappa shape index (κ3) is 6.12. The fraction of sp³-hybridized carbons (Fsp3) is 0.310. The molecule has 1 aliphatic rings. The van der Waals surface area contributed by atoms with Gasteiger partial charge < -0.3 is 10.2 Å². The maximum atomic E-state index is 4.30. The predicted octanol–water partition coefficient (Wildman–Crippen LogP) is 5.89. The van der Waals surface area contributed by atoms with Crippen molar-refractivity contribution in [3.8, 4) is 11.1 Å². The Morgan fingerprint density at radius 1 is 0.971 bits per heavy atom. The van der Waals surface area contributed by atoms with E-state index in [4.69, 9.17) is 0 Å². The molecule has 0 amide bonds. The van der Waals surface area contributed by atoms with Crippen molar-refractivity contribution in [3.05, 3.63) is 84.8 Å². The number of likely N-dealkylation sites (tertiary alicyclic amines) is 1. The molecule has 34 heavy (non-hydrogen) atoms. The summed E-state index contributed by atoms with van der Waals surface area (Å²) in [5, 5.41) is 9.57. The lowest BCUT2D eigenvalue weighted by molar-refractivity contribution is 0.219. The van der Waals surface area contributed by atoms with Gasteiger partial charge in [0.2, 0.25) is 0 Å². The zero-order chi connectivity index (χ0) is 23.9. The molecule has 0 radical (unpaired) electrons. The second kappa shape index (κ2) is 11.1. The Kier molecular flexibility index (Phi) is 7.76. The van der Waals surface area contributed by atoms with Crippen molar-refractivity contribution in [2.24, 2.45) is 13.0 Å². The minimum absolute atomic E-state index is 0.880. The number of anilines is 1. The normalized spacial score (nSPS) is 14.4. The van der Waals surface area contributed by atoms with Crippen LogP contribution in [0.5, 0.6) is 0 Å². The number of nitrogens with one attached hydrogen (secondary N) is 1. The molecule has 2 aromatic carbocycles. The zero-order valence-corrected chi connectivity index (χ0v) is 20.5. The zero-order valence-electron chi connectivity index (χ0n) is 20.5. The van der Waals surface area contributed by atoms with Crippen LogP contribution < -0.4 is 5.32 Å². The van der Waals surface area contributed by atoms with Gasteiger partial charge in [-0.15, -0.1) is 0 Å². The second-order valence-corrected chi connectivity index (χ2v) is 9.18. The molecule has 1 N–H and O–H groups in total. The summed E-state index contributed by atoms with van der Waals surface area (Å²) >= 11 is 0. The summed E-state index contributed by atoms with van der Waals surface area (Å²) in [7, 11) is 6.02. The highest BCUT2D eigenvalue weighted by atomic mass is 15.2. The van der Waals surface area contributed by atoms with Crippen molar-refractivity contribution in [2.45, 2.75) is 19.3 Å². The Morgan fingerprint density at radius 2 is 1.74 bits per heavy atom. The molecule has 0 bridgehead atoms. The standard InChI is InChI=1S/C15H21N.C14H14N4/c1-3-13-4-6-14(7-5-13)12-15-8-10-16(2)11-9-15;1-15-14-6-12-5-10(3-4-11(12)7-16-14)13-8-17-18(2)9-13/h3-7,15H,1,8-12H2,2H3;3-9H,1-2H3,(H,15,16). The van der Waals surface area contributed by atoms with E-state index in [2.05, 4.69) is 82.5 Å². The molecule has 4 aromatic rings. The summed E-state index contributed by atoms with van der Waals surface area (Å²) in [6.07, 6.45) is 11.6. The lowest BCUT2D eigenvalue weighted by Crippen LogP contribution is -2.30. The molecular weight excluding hydrogens is 418 g/mol. The molecule has 3 heterocycles. The monoisotopic (exact) mass is 453 g/mol. The van der Waals surface area contributed by atoms with Gasteiger partial charge in [-0.2, -0.15) is 5.10 Å². The number of aryl methyl sites for hydroxylation is 1. The third-order valence-electron chi connectivity index (χ3n) is 6.59. The minimum atomic E-state index is 0.880. The van der Waals surface area contributed by atoms with Crippen molar-refractivity contribution in [3.63, 3.8) is 0 Å². The number of nitrogens with zero attached hydrogens (tertiary/aromatic N) is 4. The van der Waals surface area contributed by atoms with E-state index >= 15 is 0 Å². The SMILES string of the molecule is C=Cc1ccc(CC2CCN(C)CC2)cc1.CNc1cc2cc(-c3cnn(C)c3)ccc2cn1. The highest BCUT2D eigenvalue weighted by Crippen LogP contribution is 2.25. The first-order chi connectivity index (χ1) is 16.5. The Bertz CT molecular complexity index is 1220. The summed E-state index contributed by atoms with van der Waals surface area (Å²) in [4.78, 5) is 6.73. The van der Waals surface area contributed by atoms with Gasteiger partial charge in [-0.1, -0.05) is 49.1 Å². The van der Waals surface area contributed by atoms with Gasteiger partial charge in [0.15, 0.2) is 0 Å². The van der Waals surface area contributed by atoms with Crippen molar-refractivity contribution in [1.29, 1.82) is 0 Å². The molecule has 1 saturated heterocycles. The minimum Gasteiger partial charge on any atom is -0.373 e. The van der Waals surface area contributed by atoms with E-state index in [0.29, 0.717) is 0 Å². The Balaban J connectivity index is 0.000000162. The van der Waals surface area contributed by atoms with Gasteiger partial charge in [0, 0.05) is 37.4 Å². The fourth-order valence-electron chi connectivity index (χ4n) is 4.42. The van der Waals surface area contributed by atoms with Gasteiger partial charge in [0.1, 0.15) is 5.82 Å². The van der Waals surface area contributed by atoms with Crippen LogP contribution in [0.3, 0.4) is 0 Å². The van der Waals surface area contributed by atoms with Crippen molar-refractivity contribution in [2.75, 3.05) is 32.5 Å². The Morgan fingerprint density at radius 3 is 2.38 bits per heavy atom. The molecule has 1 fully saturated rings. The van der Waals surface area contributed by atoms with Gasteiger partial charge >= 0.3 is 0 Å². The molecule has 5 rings (SSSR count). The quantitative estimate of drug-likeness (QED) is 0.409. The number of hydrogen-bond acceptors (Lipinski definition) is 4. The smallest absolute Gasteiger partial charge is 0.126 e.